The van der Waals surface area contributed by atoms with Crippen LogP contribution < -0.4 is 0 Å². The quantitative estimate of drug-likeness (QED) is 0.686. The highest BCUT2D eigenvalue weighted by Gasteiger charge is 1.90. The molecule has 0 amide bonds. The van der Waals surface area contributed by atoms with Crippen LogP contribution in [0.3, 0.4) is 0 Å². The summed E-state index contributed by atoms with van der Waals surface area (Å²) in [5.74, 6) is 0. The minimum atomic E-state index is 1.08. The van der Waals surface area contributed by atoms with Crippen molar-refractivity contribution in [2.24, 2.45) is 0 Å². The van der Waals surface area contributed by atoms with Gasteiger partial charge in [0.1, 0.15) is 0 Å². The van der Waals surface area contributed by atoms with Gasteiger partial charge in [0.15, 0.2) is 0 Å². The Balaban J connectivity index is 2.86. The van der Waals surface area contributed by atoms with Crippen LogP contribution in [0.25, 0.3) is 6.08 Å². The molecule has 2 heteroatoms. The van der Waals surface area contributed by atoms with E-state index in [4.69, 9.17) is 4.74 Å². The number of hydrogen-bond donors (Lipinski definition) is 0. The Labute approximate surface area is 74.8 Å². The first-order valence-electron chi connectivity index (χ1n) is 3.28. The highest BCUT2D eigenvalue weighted by molar-refractivity contribution is 9.10. The molecule has 0 aliphatic heterocycles. The van der Waals surface area contributed by atoms with Gasteiger partial charge < -0.3 is 4.74 Å². The lowest BCUT2D eigenvalue weighted by Crippen LogP contribution is -1.73. The van der Waals surface area contributed by atoms with Crippen molar-refractivity contribution in [2.45, 2.75) is 0 Å². The summed E-state index contributed by atoms with van der Waals surface area (Å²) >= 11 is 3.42. The molecule has 0 spiro atoms. The maximum absolute atomic E-state index is 4.80. The highest BCUT2D eigenvalue weighted by Crippen LogP contribution is 2.16. The van der Waals surface area contributed by atoms with E-state index in [0.717, 1.165) is 10.0 Å². The average molecular weight is 213 g/mol. The van der Waals surface area contributed by atoms with Crippen molar-refractivity contribution in [2.75, 3.05) is 7.11 Å². The smallest absolute Gasteiger partial charge is 0.0830 e. The minimum absolute atomic E-state index is 1.08. The third kappa shape index (κ3) is 2.39. The fraction of sp³-hybridized carbons (Fsp3) is 0.111. The Morgan fingerprint density at radius 2 is 2.09 bits per heavy atom. The summed E-state index contributed by atoms with van der Waals surface area (Å²) in [6, 6.07) is 7.98. The highest BCUT2D eigenvalue weighted by atomic mass is 79.9. The van der Waals surface area contributed by atoms with Crippen LogP contribution in [0, 0.1) is 0 Å². The molecule has 0 unspecified atom stereocenters. The van der Waals surface area contributed by atoms with Crippen molar-refractivity contribution in [3.63, 3.8) is 0 Å². The van der Waals surface area contributed by atoms with Crippen molar-refractivity contribution in [3.05, 3.63) is 40.6 Å². The van der Waals surface area contributed by atoms with Crippen LogP contribution in [0.15, 0.2) is 35.0 Å². The Bertz CT molecular complexity index is 255. The van der Waals surface area contributed by atoms with Crippen LogP contribution in [-0.4, -0.2) is 7.11 Å². The van der Waals surface area contributed by atoms with Crippen LogP contribution in [0.1, 0.15) is 5.56 Å². The SMILES string of the molecule is COC=Cc1ccccc1Br. The van der Waals surface area contributed by atoms with Gasteiger partial charge in [-0.2, -0.15) is 0 Å². The van der Waals surface area contributed by atoms with Gasteiger partial charge in [-0.05, 0) is 17.7 Å². The molecule has 0 aromatic heterocycles. The first-order chi connectivity index (χ1) is 5.34. The fourth-order valence-electron chi connectivity index (χ4n) is 0.752. The van der Waals surface area contributed by atoms with Gasteiger partial charge >= 0.3 is 0 Å². The molecule has 0 saturated heterocycles. The molecule has 0 heterocycles. The Hall–Kier alpha value is -0.760. The monoisotopic (exact) mass is 212 g/mol. The Morgan fingerprint density at radius 1 is 1.36 bits per heavy atom. The summed E-state index contributed by atoms with van der Waals surface area (Å²) in [6.07, 6.45) is 3.56. The molecule has 1 nitrogen and oxygen atoms in total. The minimum Gasteiger partial charge on any atom is -0.504 e. The van der Waals surface area contributed by atoms with E-state index < -0.39 is 0 Å². The van der Waals surface area contributed by atoms with Crippen LogP contribution >= 0.6 is 15.9 Å². The molecule has 0 aliphatic rings. The molecule has 0 fully saturated rings. The van der Waals surface area contributed by atoms with Crippen molar-refractivity contribution >= 4 is 22.0 Å². The Kier molecular flexibility index (Phi) is 3.17. The number of hydrogen-bond acceptors (Lipinski definition) is 1. The third-order valence-electron chi connectivity index (χ3n) is 1.29. The van der Waals surface area contributed by atoms with Crippen LogP contribution in [0.2, 0.25) is 0 Å². The van der Waals surface area contributed by atoms with Crippen molar-refractivity contribution < 1.29 is 4.74 Å². The molecule has 0 aliphatic carbocycles. The zero-order chi connectivity index (χ0) is 8.10. The molecule has 1 aromatic carbocycles. The summed E-state index contributed by atoms with van der Waals surface area (Å²) < 4.78 is 5.88. The van der Waals surface area contributed by atoms with Gasteiger partial charge in [-0.15, -0.1) is 0 Å². The molecule has 58 valence electrons. The predicted octanol–water partition coefficient (Wildman–Crippen LogP) is 3.07. The van der Waals surface area contributed by atoms with E-state index in [1.165, 1.54) is 0 Å². The lowest BCUT2D eigenvalue weighted by Gasteiger charge is -1.95. The Morgan fingerprint density at radius 3 is 2.73 bits per heavy atom. The fourth-order valence-corrected chi connectivity index (χ4v) is 1.17. The van der Waals surface area contributed by atoms with Crippen LogP contribution in [0.4, 0.5) is 0 Å². The summed E-state index contributed by atoms with van der Waals surface area (Å²) in [6.45, 7) is 0. The maximum atomic E-state index is 4.80. The van der Waals surface area contributed by atoms with Gasteiger partial charge in [-0.1, -0.05) is 34.1 Å². The molecular weight excluding hydrogens is 204 g/mol. The molecule has 0 bridgehead atoms. The van der Waals surface area contributed by atoms with Crippen molar-refractivity contribution in [1.29, 1.82) is 0 Å². The zero-order valence-electron chi connectivity index (χ0n) is 6.25. The second-order valence-corrected chi connectivity index (χ2v) is 2.91. The summed E-state index contributed by atoms with van der Waals surface area (Å²) in [7, 11) is 1.63. The van der Waals surface area contributed by atoms with E-state index in [0.29, 0.717) is 0 Å². The van der Waals surface area contributed by atoms with Crippen molar-refractivity contribution in [3.8, 4) is 0 Å². The summed E-state index contributed by atoms with van der Waals surface area (Å²) in [5.41, 5.74) is 1.12. The van der Waals surface area contributed by atoms with E-state index in [1.54, 1.807) is 13.4 Å². The molecule has 0 saturated carbocycles. The van der Waals surface area contributed by atoms with Crippen molar-refractivity contribution in [1.82, 2.24) is 0 Å². The van der Waals surface area contributed by atoms with Gasteiger partial charge in [0, 0.05) is 4.47 Å². The number of methoxy groups -OCH3 is 1. The topological polar surface area (TPSA) is 9.23 Å². The van der Waals surface area contributed by atoms with E-state index in [9.17, 15) is 0 Å². The van der Waals surface area contributed by atoms with E-state index >= 15 is 0 Å². The number of halogens is 1. The summed E-state index contributed by atoms with van der Waals surface area (Å²) in [5, 5.41) is 0. The number of benzene rings is 1. The number of ether oxygens (including phenoxy) is 1. The van der Waals surface area contributed by atoms with Gasteiger partial charge in [-0.25, -0.2) is 0 Å². The molecule has 1 aromatic rings. The molecule has 0 atom stereocenters. The molecule has 0 N–H and O–H groups in total. The zero-order valence-corrected chi connectivity index (χ0v) is 7.84. The average Bonchev–Trinajstić information content (AvgIpc) is 2.03. The van der Waals surface area contributed by atoms with E-state index in [1.807, 2.05) is 30.3 Å². The maximum Gasteiger partial charge on any atom is 0.0830 e. The van der Waals surface area contributed by atoms with Crippen LogP contribution in [-0.2, 0) is 4.74 Å². The molecule has 0 radical (unpaired) electrons. The number of rotatable bonds is 2. The molecule has 11 heavy (non-hydrogen) atoms. The first-order valence-corrected chi connectivity index (χ1v) is 4.08. The van der Waals surface area contributed by atoms with Crippen LogP contribution in [0.5, 0.6) is 0 Å². The second kappa shape index (κ2) is 4.19. The lowest BCUT2D eigenvalue weighted by molar-refractivity contribution is 0.341. The van der Waals surface area contributed by atoms with E-state index in [-0.39, 0.29) is 0 Å². The summed E-state index contributed by atoms with van der Waals surface area (Å²) in [4.78, 5) is 0. The normalized spacial score (nSPS) is 10.4. The lowest BCUT2D eigenvalue weighted by atomic mass is 10.2. The van der Waals surface area contributed by atoms with Gasteiger partial charge in [0.2, 0.25) is 0 Å². The largest absolute Gasteiger partial charge is 0.504 e. The predicted molar refractivity (Wildman–Crippen MR) is 50.2 cm³/mol. The third-order valence-corrected chi connectivity index (χ3v) is 2.01. The van der Waals surface area contributed by atoms with Gasteiger partial charge in [-0.3, -0.25) is 0 Å². The van der Waals surface area contributed by atoms with Gasteiger partial charge in [0.05, 0.1) is 13.4 Å². The second-order valence-electron chi connectivity index (χ2n) is 2.06. The standard InChI is InChI=1S/C9H9BrO/c1-11-7-6-8-4-2-3-5-9(8)10/h2-7H,1H3. The van der Waals surface area contributed by atoms with E-state index in [2.05, 4.69) is 15.9 Å². The molecular formula is C9H9BrO. The molecule has 1 rings (SSSR count). The van der Waals surface area contributed by atoms with Gasteiger partial charge in [0.25, 0.3) is 0 Å². The first kappa shape index (κ1) is 8.34.